The number of hydrogen-bond donors (Lipinski definition) is 1. The van der Waals surface area contributed by atoms with Crippen LogP contribution in [0.4, 0.5) is 4.39 Å². The molecule has 2 aromatic carbocycles. The van der Waals surface area contributed by atoms with Crippen LogP contribution < -0.4 is 16.6 Å². The summed E-state index contributed by atoms with van der Waals surface area (Å²) in [5.74, 6) is -0.237. The van der Waals surface area contributed by atoms with Gasteiger partial charge in [0, 0.05) is 44.0 Å². The molecular weight excluding hydrogens is 477 g/mol. The topological polar surface area (TPSA) is 97.7 Å². The van der Waals surface area contributed by atoms with E-state index >= 15 is 0 Å². The minimum atomic E-state index is -1.03. The Bertz CT molecular complexity index is 1530. The van der Waals surface area contributed by atoms with Crippen LogP contribution in [0, 0.1) is 5.82 Å². The van der Waals surface area contributed by atoms with Gasteiger partial charge in [-0.25, -0.2) is 14.0 Å². The number of aromatic nitrogens is 1. The Kier molecular flexibility index (Phi) is 7.23. The Morgan fingerprint density at radius 3 is 2.43 bits per heavy atom. The van der Waals surface area contributed by atoms with Crippen molar-refractivity contribution in [3.63, 3.8) is 0 Å². The van der Waals surface area contributed by atoms with Gasteiger partial charge < -0.3 is 23.6 Å². The molecule has 1 fully saturated rings. The monoisotopic (exact) mass is 507 g/mol. The second kappa shape index (κ2) is 10.7. The summed E-state index contributed by atoms with van der Waals surface area (Å²) >= 11 is 0. The second-order valence-corrected chi connectivity index (χ2v) is 9.54. The average Bonchev–Trinajstić information content (AvgIpc) is 3.20. The fourth-order valence-corrected chi connectivity index (χ4v) is 5.16. The lowest BCUT2D eigenvalue weighted by molar-refractivity contribution is -0.120. The number of piperidine rings is 1. The van der Waals surface area contributed by atoms with Crippen LogP contribution in [0.2, 0.25) is 0 Å². The van der Waals surface area contributed by atoms with Gasteiger partial charge in [0.25, 0.3) is 0 Å². The molecule has 1 N–H and O–H groups in total. The first-order valence-corrected chi connectivity index (χ1v) is 12.8. The highest BCUT2D eigenvalue weighted by atomic mass is 19.1. The summed E-state index contributed by atoms with van der Waals surface area (Å²) in [4.78, 5) is 38.4. The number of amides is 1. The Labute approximate surface area is 212 Å². The zero-order valence-electron chi connectivity index (χ0n) is 20.8. The Balaban J connectivity index is 1.39. The van der Waals surface area contributed by atoms with Crippen LogP contribution in [-0.2, 0) is 17.6 Å². The molecule has 194 valence electrons. The van der Waals surface area contributed by atoms with Crippen molar-refractivity contribution >= 4 is 28.1 Å². The Morgan fingerprint density at radius 1 is 1.00 bits per heavy atom. The minimum absolute atomic E-state index is 0.00635. The number of fused-ring (bicyclic) bond motifs is 3. The van der Waals surface area contributed by atoms with Gasteiger partial charge in [-0.15, -0.1) is 0 Å². The zero-order chi connectivity index (χ0) is 25.9. The third-order valence-electron chi connectivity index (χ3n) is 7.10. The van der Waals surface area contributed by atoms with Crippen molar-refractivity contribution in [3.8, 4) is 0 Å². The van der Waals surface area contributed by atoms with Crippen LogP contribution in [-0.4, -0.2) is 41.6 Å². The normalized spacial score (nSPS) is 15.0. The lowest BCUT2D eigenvalue weighted by atomic mass is 10.0. The summed E-state index contributed by atoms with van der Waals surface area (Å²) in [5, 5.41) is 3.52. The van der Waals surface area contributed by atoms with E-state index in [0.29, 0.717) is 24.8 Å². The fourth-order valence-electron chi connectivity index (χ4n) is 5.16. The minimum Gasteiger partial charge on any atom is -0.412 e. The Hall–Kier alpha value is -3.72. The van der Waals surface area contributed by atoms with Crippen LogP contribution in [0.25, 0.3) is 22.2 Å². The SMILES string of the molecule is CCNC(=O)CCc1ccc2c3oc(=O)c(=O)oc3n(C3CCN(CCc4ccc(F)cc4)CC3)c2c1. The van der Waals surface area contributed by atoms with Crippen molar-refractivity contribution in [2.75, 3.05) is 26.2 Å². The first-order chi connectivity index (χ1) is 17.9. The Morgan fingerprint density at radius 2 is 1.70 bits per heavy atom. The van der Waals surface area contributed by atoms with Gasteiger partial charge >= 0.3 is 11.3 Å². The number of nitrogens with one attached hydrogen (secondary N) is 1. The van der Waals surface area contributed by atoms with Gasteiger partial charge in [0.2, 0.25) is 17.2 Å². The first kappa shape index (κ1) is 25.0. The van der Waals surface area contributed by atoms with Gasteiger partial charge in [0.05, 0.1) is 5.52 Å². The molecular formula is C28H30FN3O5. The lowest BCUT2D eigenvalue weighted by Crippen LogP contribution is -2.36. The average molecular weight is 508 g/mol. The summed E-state index contributed by atoms with van der Waals surface area (Å²) in [5.41, 5.74) is 1.39. The van der Waals surface area contributed by atoms with E-state index in [1.807, 2.05) is 41.8 Å². The van der Waals surface area contributed by atoms with Crippen LogP contribution in [0.3, 0.4) is 0 Å². The number of hydrogen-bond acceptors (Lipinski definition) is 6. The van der Waals surface area contributed by atoms with E-state index in [4.69, 9.17) is 8.83 Å². The summed E-state index contributed by atoms with van der Waals surface area (Å²) in [6.07, 6.45) is 3.44. The molecule has 1 aliphatic rings. The van der Waals surface area contributed by atoms with E-state index in [0.717, 1.165) is 55.5 Å². The highest BCUT2D eigenvalue weighted by Crippen LogP contribution is 2.35. The van der Waals surface area contributed by atoms with Gasteiger partial charge in [-0.1, -0.05) is 18.2 Å². The largest absolute Gasteiger partial charge is 0.424 e. The predicted octanol–water partition coefficient (Wildman–Crippen LogP) is 3.79. The van der Waals surface area contributed by atoms with Crippen LogP contribution in [0.5, 0.6) is 0 Å². The number of nitrogens with zero attached hydrogens (tertiary/aromatic N) is 2. The molecule has 0 aliphatic carbocycles. The maximum atomic E-state index is 13.2. The maximum Gasteiger partial charge on any atom is 0.424 e. The van der Waals surface area contributed by atoms with Crippen LogP contribution >= 0.6 is 0 Å². The molecule has 9 heteroatoms. The van der Waals surface area contributed by atoms with Crippen molar-refractivity contribution < 1.29 is 18.0 Å². The molecule has 3 heterocycles. The number of likely N-dealkylation sites (tertiary alicyclic amines) is 1. The maximum absolute atomic E-state index is 13.2. The van der Waals surface area contributed by atoms with E-state index in [1.54, 1.807) is 0 Å². The van der Waals surface area contributed by atoms with E-state index in [1.165, 1.54) is 12.1 Å². The molecule has 2 aromatic heterocycles. The van der Waals surface area contributed by atoms with Crippen molar-refractivity contribution in [2.45, 2.75) is 45.1 Å². The van der Waals surface area contributed by atoms with E-state index in [2.05, 4.69) is 10.2 Å². The third-order valence-corrected chi connectivity index (χ3v) is 7.10. The number of halogens is 1. The highest BCUT2D eigenvalue weighted by Gasteiger charge is 2.27. The zero-order valence-corrected chi connectivity index (χ0v) is 20.8. The van der Waals surface area contributed by atoms with Gasteiger partial charge in [0.1, 0.15) is 5.82 Å². The quantitative estimate of drug-likeness (QED) is 0.365. The van der Waals surface area contributed by atoms with Gasteiger partial charge in [0.15, 0.2) is 0 Å². The molecule has 5 rings (SSSR count). The number of rotatable bonds is 8. The molecule has 37 heavy (non-hydrogen) atoms. The molecule has 0 radical (unpaired) electrons. The van der Waals surface area contributed by atoms with Gasteiger partial charge in [-0.3, -0.25) is 4.79 Å². The number of carbonyl (C=O) groups is 1. The molecule has 0 spiro atoms. The van der Waals surface area contributed by atoms with Crippen molar-refractivity contribution in [2.24, 2.45) is 0 Å². The molecule has 0 saturated carbocycles. The fraction of sp³-hybridized carbons (Fsp3) is 0.393. The lowest BCUT2D eigenvalue weighted by Gasteiger charge is -2.33. The van der Waals surface area contributed by atoms with Gasteiger partial charge in [-0.2, -0.15) is 0 Å². The molecule has 4 aromatic rings. The van der Waals surface area contributed by atoms with Crippen molar-refractivity contribution in [1.82, 2.24) is 14.8 Å². The third kappa shape index (κ3) is 5.36. The van der Waals surface area contributed by atoms with Crippen molar-refractivity contribution in [1.29, 1.82) is 0 Å². The van der Waals surface area contributed by atoms with Crippen LogP contribution in [0.15, 0.2) is 60.9 Å². The summed E-state index contributed by atoms with van der Waals surface area (Å²) in [6, 6.07) is 12.4. The summed E-state index contributed by atoms with van der Waals surface area (Å²) in [6.45, 7) is 5.06. The molecule has 0 bridgehead atoms. The van der Waals surface area contributed by atoms with Gasteiger partial charge in [-0.05, 0) is 68.0 Å². The number of carbonyl (C=O) groups excluding carboxylic acids is 1. The van der Waals surface area contributed by atoms with Crippen LogP contribution in [0.1, 0.15) is 43.4 Å². The van der Waals surface area contributed by atoms with E-state index in [-0.39, 0.29) is 29.1 Å². The van der Waals surface area contributed by atoms with E-state index < -0.39 is 11.3 Å². The number of aryl methyl sites for hydroxylation is 1. The molecule has 0 atom stereocenters. The number of benzene rings is 2. The highest BCUT2D eigenvalue weighted by molar-refractivity contribution is 6.02. The molecule has 8 nitrogen and oxygen atoms in total. The van der Waals surface area contributed by atoms with Crippen molar-refractivity contribution in [3.05, 3.63) is 80.2 Å². The summed E-state index contributed by atoms with van der Waals surface area (Å²) in [7, 11) is 0. The first-order valence-electron chi connectivity index (χ1n) is 12.8. The summed E-state index contributed by atoms with van der Waals surface area (Å²) < 4.78 is 26.0. The predicted molar refractivity (Wildman–Crippen MR) is 138 cm³/mol. The smallest absolute Gasteiger partial charge is 0.412 e. The molecule has 1 amide bonds. The van der Waals surface area contributed by atoms with E-state index in [9.17, 15) is 18.8 Å². The molecule has 1 saturated heterocycles. The standard InChI is InChI=1S/C28H30FN3O5/c1-2-30-24(33)10-6-19-5-9-22-23(17-19)32(26-25(22)36-27(34)28(35)37-26)21-12-15-31(16-13-21)14-11-18-3-7-20(29)8-4-18/h3-5,7-9,17,21H,2,6,10-16H2,1H3,(H,30,33). The molecule has 1 aliphatic heterocycles. The second-order valence-electron chi connectivity index (χ2n) is 9.54. The molecule has 0 unspecified atom stereocenters.